The number of carbonyl (C=O) groups excluding carboxylic acids is 1. The average Bonchev–Trinajstić information content (AvgIpc) is 2.38. The van der Waals surface area contributed by atoms with Crippen molar-refractivity contribution >= 4 is 40.5 Å². The van der Waals surface area contributed by atoms with Gasteiger partial charge < -0.3 is 11.1 Å². The highest BCUT2D eigenvalue weighted by Crippen LogP contribution is 2.22. The third-order valence-corrected chi connectivity index (χ3v) is 2.86. The lowest BCUT2D eigenvalue weighted by atomic mass is 10.2. The van der Waals surface area contributed by atoms with Crippen LogP contribution in [0.2, 0.25) is 10.0 Å². The maximum atomic E-state index is 11.9. The summed E-state index contributed by atoms with van der Waals surface area (Å²) < 4.78 is 1.10. The zero-order valence-corrected chi connectivity index (χ0v) is 11.6. The maximum Gasteiger partial charge on any atom is 0.348 e. The van der Waals surface area contributed by atoms with Crippen LogP contribution in [0.3, 0.4) is 0 Å². The lowest BCUT2D eigenvalue weighted by Crippen LogP contribution is -2.28. The predicted molar refractivity (Wildman–Crippen MR) is 78.0 cm³/mol. The van der Waals surface area contributed by atoms with E-state index in [9.17, 15) is 9.59 Å². The van der Waals surface area contributed by atoms with Crippen molar-refractivity contribution in [3.05, 3.63) is 51.1 Å². The predicted octanol–water partition coefficient (Wildman–Crippen LogP) is 1.77. The highest BCUT2D eigenvalue weighted by atomic mass is 35.5. The van der Waals surface area contributed by atoms with E-state index < -0.39 is 11.6 Å². The summed E-state index contributed by atoms with van der Waals surface area (Å²) in [7, 11) is 0. The first-order valence-corrected chi connectivity index (χ1v) is 6.28. The molecule has 0 bridgehead atoms. The van der Waals surface area contributed by atoms with Crippen molar-refractivity contribution in [1.29, 1.82) is 0 Å². The minimum Gasteiger partial charge on any atom is -0.397 e. The summed E-state index contributed by atoms with van der Waals surface area (Å²) in [4.78, 5) is 26.8. The summed E-state index contributed by atoms with van der Waals surface area (Å²) in [5.74, 6) is -0.440. The molecule has 0 saturated carbocycles. The van der Waals surface area contributed by atoms with Gasteiger partial charge in [-0.05, 0) is 18.2 Å². The molecule has 0 aliphatic rings. The molecule has 0 aliphatic carbocycles. The zero-order chi connectivity index (χ0) is 14.7. The Hall–Kier alpha value is -2.05. The van der Waals surface area contributed by atoms with Crippen molar-refractivity contribution in [2.45, 2.75) is 6.54 Å². The number of hydrogen-bond acceptors (Lipinski definition) is 4. The molecule has 1 heterocycles. The van der Waals surface area contributed by atoms with E-state index >= 15 is 0 Å². The molecule has 0 aliphatic heterocycles. The first kappa shape index (κ1) is 14.4. The number of aromatic nitrogens is 2. The van der Waals surface area contributed by atoms with Crippen LogP contribution in [0.4, 0.5) is 11.4 Å². The second-order valence-electron chi connectivity index (χ2n) is 3.96. The van der Waals surface area contributed by atoms with Gasteiger partial charge in [0.25, 0.3) is 0 Å². The summed E-state index contributed by atoms with van der Waals surface area (Å²) >= 11 is 11.5. The van der Waals surface area contributed by atoms with Gasteiger partial charge in [-0.2, -0.15) is 0 Å². The number of carbonyl (C=O) groups is 1. The molecule has 0 spiro atoms. The van der Waals surface area contributed by atoms with Crippen molar-refractivity contribution in [3.63, 3.8) is 0 Å². The number of nitrogen functional groups attached to an aromatic ring is 1. The van der Waals surface area contributed by atoms with Crippen LogP contribution < -0.4 is 16.7 Å². The maximum absolute atomic E-state index is 11.9. The molecule has 1 aromatic heterocycles. The van der Waals surface area contributed by atoms with Crippen molar-refractivity contribution in [3.8, 4) is 0 Å². The second kappa shape index (κ2) is 5.94. The van der Waals surface area contributed by atoms with Crippen LogP contribution >= 0.6 is 23.2 Å². The Kier molecular flexibility index (Phi) is 4.26. The molecule has 8 heteroatoms. The molecule has 1 amide bonds. The molecule has 1 aromatic carbocycles. The Morgan fingerprint density at radius 2 is 2.10 bits per heavy atom. The number of nitrogens with one attached hydrogen (secondary N) is 1. The summed E-state index contributed by atoms with van der Waals surface area (Å²) in [6, 6.07) is 4.71. The lowest BCUT2D eigenvalue weighted by Gasteiger charge is -2.09. The van der Waals surface area contributed by atoms with Gasteiger partial charge in [-0.1, -0.05) is 23.2 Å². The number of anilines is 2. The van der Waals surface area contributed by atoms with Crippen LogP contribution in [0.15, 0.2) is 35.4 Å². The summed E-state index contributed by atoms with van der Waals surface area (Å²) in [5.41, 5.74) is 5.90. The van der Waals surface area contributed by atoms with E-state index in [2.05, 4.69) is 10.3 Å². The summed E-state index contributed by atoms with van der Waals surface area (Å²) in [6.45, 7) is -0.224. The van der Waals surface area contributed by atoms with E-state index in [0.29, 0.717) is 16.4 Å². The van der Waals surface area contributed by atoms with Gasteiger partial charge >= 0.3 is 5.69 Å². The smallest absolute Gasteiger partial charge is 0.348 e. The molecule has 20 heavy (non-hydrogen) atoms. The number of rotatable bonds is 3. The number of halogens is 2. The minimum atomic E-state index is -0.566. The quantitative estimate of drug-likeness (QED) is 0.845. The molecule has 2 aromatic rings. The van der Waals surface area contributed by atoms with Gasteiger partial charge in [0, 0.05) is 11.2 Å². The zero-order valence-electron chi connectivity index (χ0n) is 10.1. The molecule has 104 valence electrons. The molecule has 0 atom stereocenters. The topological polar surface area (TPSA) is 90.0 Å². The van der Waals surface area contributed by atoms with Crippen molar-refractivity contribution < 1.29 is 4.79 Å². The van der Waals surface area contributed by atoms with Gasteiger partial charge in [-0.25, -0.2) is 9.78 Å². The Labute approximate surface area is 124 Å². The first-order valence-electron chi connectivity index (χ1n) is 5.52. The van der Waals surface area contributed by atoms with E-state index in [-0.39, 0.29) is 11.6 Å². The van der Waals surface area contributed by atoms with Crippen LogP contribution in [-0.4, -0.2) is 15.5 Å². The van der Waals surface area contributed by atoms with Gasteiger partial charge in [0.1, 0.15) is 6.54 Å². The first-order chi connectivity index (χ1) is 9.45. The fraction of sp³-hybridized carbons (Fsp3) is 0.0833. The van der Waals surface area contributed by atoms with Gasteiger partial charge in [0.2, 0.25) is 5.91 Å². The Bertz CT molecular complexity index is 715. The third-order valence-electron chi connectivity index (χ3n) is 2.43. The van der Waals surface area contributed by atoms with Gasteiger partial charge in [0.15, 0.2) is 0 Å². The van der Waals surface area contributed by atoms with Crippen LogP contribution in [0, 0.1) is 0 Å². The SMILES string of the molecule is Nc1ccc(Cl)cc1NC(=O)Cn1cc(Cl)cnc1=O. The highest BCUT2D eigenvalue weighted by Gasteiger charge is 2.08. The van der Waals surface area contributed by atoms with E-state index in [4.69, 9.17) is 28.9 Å². The third kappa shape index (κ3) is 3.49. The molecule has 3 N–H and O–H groups in total. The van der Waals surface area contributed by atoms with Gasteiger partial charge in [-0.15, -0.1) is 0 Å². The van der Waals surface area contributed by atoms with Crippen molar-refractivity contribution in [2.75, 3.05) is 11.1 Å². The molecular formula is C12H10Cl2N4O2. The molecule has 0 unspecified atom stereocenters. The number of nitrogens with zero attached hydrogens (tertiary/aromatic N) is 2. The highest BCUT2D eigenvalue weighted by molar-refractivity contribution is 6.31. The van der Waals surface area contributed by atoms with E-state index in [1.807, 2.05) is 0 Å². The summed E-state index contributed by atoms with van der Waals surface area (Å²) in [6.07, 6.45) is 2.55. The number of hydrogen-bond donors (Lipinski definition) is 2. The van der Waals surface area contributed by atoms with Crippen LogP contribution in [0.5, 0.6) is 0 Å². The largest absolute Gasteiger partial charge is 0.397 e. The van der Waals surface area contributed by atoms with Crippen molar-refractivity contribution in [1.82, 2.24) is 9.55 Å². The van der Waals surface area contributed by atoms with Crippen LogP contribution in [0.25, 0.3) is 0 Å². The van der Waals surface area contributed by atoms with Gasteiger partial charge in [-0.3, -0.25) is 9.36 Å². The number of amides is 1. The Morgan fingerprint density at radius 3 is 2.85 bits per heavy atom. The fourth-order valence-corrected chi connectivity index (χ4v) is 1.86. The second-order valence-corrected chi connectivity index (χ2v) is 4.84. The molecule has 2 rings (SSSR count). The normalized spacial score (nSPS) is 10.3. The molecular weight excluding hydrogens is 303 g/mol. The number of nitrogens with two attached hydrogens (primary N) is 1. The summed E-state index contributed by atoms with van der Waals surface area (Å²) in [5, 5.41) is 3.27. The van der Waals surface area contributed by atoms with E-state index in [1.54, 1.807) is 12.1 Å². The fourth-order valence-electron chi connectivity index (χ4n) is 1.52. The lowest BCUT2D eigenvalue weighted by molar-refractivity contribution is -0.116. The molecule has 0 fully saturated rings. The average molecular weight is 313 g/mol. The van der Waals surface area contributed by atoms with Crippen LogP contribution in [-0.2, 0) is 11.3 Å². The van der Waals surface area contributed by atoms with Gasteiger partial charge in [0.05, 0.1) is 22.6 Å². The standard InChI is InChI=1S/C12H10Cl2N4O2/c13-7-1-2-9(15)10(3-7)17-11(19)6-18-5-8(14)4-16-12(18)20/h1-5H,6,15H2,(H,17,19). The van der Waals surface area contributed by atoms with Crippen molar-refractivity contribution in [2.24, 2.45) is 0 Å². The molecule has 0 saturated heterocycles. The van der Waals surface area contributed by atoms with E-state index in [1.165, 1.54) is 18.5 Å². The number of benzene rings is 1. The molecule has 0 radical (unpaired) electrons. The molecule has 6 nitrogen and oxygen atoms in total. The van der Waals surface area contributed by atoms with Crippen LogP contribution in [0.1, 0.15) is 0 Å². The van der Waals surface area contributed by atoms with E-state index in [0.717, 1.165) is 4.57 Å². The Balaban J connectivity index is 2.15. The Morgan fingerprint density at radius 1 is 1.35 bits per heavy atom. The minimum absolute atomic E-state index is 0.224. The monoisotopic (exact) mass is 312 g/mol.